The van der Waals surface area contributed by atoms with Crippen molar-refractivity contribution in [2.75, 3.05) is 5.75 Å². The van der Waals surface area contributed by atoms with Crippen LogP contribution in [-0.2, 0) is 0 Å². The minimum Gasteiger partial charge on any atom is -0.379 e. The fourth-order valence-electron chi connectivity index (χ4n) is 0.742. The van der Waals surface area contributed by atoms with Crippen LogP contribution in [0.15, 0.2) is 0 Å². The SMILES string of the molecule is Br.N=C(N)SCCC1CC1. The molecule has 0 spiro atoms. The van der Waals surface area contributed by atoms with Crippen molar-refractivity contribution in [1.29, 1.82) is 5.41 Å². The average Bonchev–Trinajstić information content (AvgIpc) is 2.48. The van der Waals surface area contributed by atoms with Gasteiger partial charge in [-0.3, -0.25) is 5.41 Å². The Morgan fingerprint density at radius 3 is 2.60 bits per heavy atom. The van der Waals surface area contributed by atoms with Gasteiger partial charge < -0.3 is 5.73 Å². The minimum absolute atomic E-state index is 0. The Morgan fingerprint density at radius 1 is 1.60 bits per heavy atom. The van der Waals surface area contributed by atoms with Gasteiger partial charge in [-0.05, 0) is 12.3 Å². The molecule has 0 amide bonds. The summed E-state index contributed by atoms with van der Waals surface area (Å²) in [5, 5.41) is 7.16. The molecule has 1 fully saturated rings. The Bertz CT molecular complexity index is 114. The third-order valence-corrected chi connectivity index (χ3v) is 2.23. The summed E-state index contributed by atoms with van der Waals surface area (Å²) in [4.78, 5) is 0. The second-order valence-electron chi connectivity index (χ2n) is 2.44. The van der Waals surface area contributed by atoms with Crippen LogP contribution in [0, 0.1) is 11.3 Å². The zero-order valence-corrected chi connectivity index (χ0v) is 8.33. The van der Waals surface area contributed by atoms with Gasteiger partial charge in [-0.25, -0.2) is 0 Å². The molecule has 0 radical (unpaired) electrons. The highest BCUT2D eigenvalue weighted by Gasteiger charge is 2.20. The van der Waals surface area contributed by atoms with Gasteiger partial charge >= 0.3 is 0 Å². The molecule has 0 aromatic heterocycles. The van der Waals surface area contributed by atoms with E-state index in [1.165, 1.54) is 31.0 Å². The van der Waals surface area contributed by atoms with Crippen LogP contribution in [0.3, 0.4) is 0 Å². The van der Waals surface area contributed by atoms with Crippen molar-refractivity contribution in [2.45, 2.75) is 19.3 Å². The van der Waals surface area contributed by atoms with Gasteiger partial charge in [0.1, 0.15) is 0 Å². The third kappa shape index (κ3) is 5.11. The molecule has 4 heteroatoms. The molecule has 0 bridgehead atoms. The van der Waals surface area contributed by atoms with E-state index in [0.717, 1.165) is 11.7 Å². The van der Waals surface area contributed by atoms with E-state index >= 15 is 0 Å². The first-order valence-corrected chi connectivity index (χ1v) is 4.24. The molecule has 1 rings (SSSR count). The largest absolute Gasteiger partial charge is 0.379 e. The molecule has 0 unspecified atom stereocenters. The normalized spacial score (nSPS) is 16.0. The lowest BCUT2D eigenvalue weighted by molar-refractivity contribution is 0.810. The Hall–Kier alpha value is 0.300. The summed E-state index contributed by atoms with van der Waals surface area (Å²) in [6, 6.07) is 0. The molecule has 0 aliphatic heterocycles. The summed E-state index contributed by atoms with van der Waals surface area (Å²) in [5.74, 6) is 2.01. The highest BCUT2D eigenvalue weighted by molar-refractivity contribution is 8.93. The molecule has 1 aliphatic rings. The van der Waals surface area contributed by atoms with E-state index in [9.17, 15) is 0 Å². The Morgan fingerprint density at radius 2 is 2.20 bits per heavy atom. The molecule has 1 aliphatic carbocycles. The first-order chi connectivity index (χ1) is 4.29. The summed E-state index contributed by atoms with van der Waals surface area (Å²) >= 11 is 1.46. The van der Waals surface area contributed by atoms with Gasteiger partial charge in [0.25, 0.3) is 0 Å². The maximum Gasteiger partial charge on any atom is 0.151 e. The second-order valence-corrected chi connectivity index (χ2v) is 3.58. The van der Waals surface area contributed by atoms with E-state index in [0.29, 0.717) is 0 Å². The molecule has 1 saturated carbocycles. The molecule has 0 saturated heterocycles. The van der Waals surface area contributed by atoms with Gasteiger partial charge in [0.2, 0.25) is 0 Å². The molecule has 10 heavy (non-hydrogen) atoms. The van der Waals surface area contributed by atoms with E-state index in [1.54, 1.807) is 0 Å². The third-order valence-electron chi connectivity index (χ3n) is 1.48. The Kier molecular flexibility index (Phi) is 5.17. The predicted octanol–water partition coefficient (Wildman–Crippen LogP) is 1.99. The van der Waals surface area contributed by atoms with Crippen LogP contribution >= 0.6 is 28.7 Å². The van der Waals surface area contributed by atoms with Crippen molar-refractivity contribution in [3.8, 4) is 0 Å². The van der Waals surface area contributed by atoms with E-state index in [-0.39, 0.29) is 22.1 Å². The molecule has 60 valence electrons. The zero-order chi connectivity index (χ0) is 6.69. The van der Waals surface area contributed by atoms with Gasteiger partial charge in [0, 0.05) is 5.75 Å². The predicted molar refractivity (Wildman–Crippen MR) is 52.0 cm³/mol. The van der Waals surface area contributed by atoms with Crippen LogP contribution in [0.2, 0.25) is 0 Å². The van der Waals surface area contributed by atoms with Crippen LogP contribution in [0.1, 0.15) is 19.3 Å². The smallest absolute Gasteiger partial charge is 0.151 e. The van der Waals surface area contributed by atoms with E-state index < -0.39 is 0 Å². The van der Waals surface area contributed by atoms with Crippen LogP contribution in [0.25, 0.3) is 0 Å². The number of thioether (sulfide) groups is 1. The molecule has 0 atom stereocenters. The first-order valence-electron chi connectivity index (χ1n) is 3.26. The van der Waals surface area contributed by atoms with Crippen molar-refractivity contribution < 1.29 is 0 Å². The summed E-state index contributed by atoms with van der Waals surface area (Å²) in [7, 11) is 0. The van der Waals surface area contributed by atoms with Crippen molar-refractivity contribution in [3.63, 3.8) is 0 Å². The molecule has 0 aromatic rings. The van der Waals surface area contributed by atoms with Gasteiger partial charge in [-0.1, -0.05) is 24.6 Å². The van der Waals surface area contributed by atoms with Gasteiger partial charge in [-0.2, -0.15) is 0 Å². The van der Waals surface area contributed by atoms with Crippen LogP contribution in [0.5, 0.6) is 0 Å². The van der Waals surface area contributed by atoms with Crippen LogP contribution in [-0.4, -0.2) is 10.9 Å². The van der Waals surface area contributed by atoms with Gasteiger partial charge in [0.15, 0.2) is 5.17 Å². The van der Waals surface area contributed by atoms with E-state index in [1.807, 2.05) is 0 Å². The number of rotatable bonds is 3. The summed E-state index contributed by atoms with van der Waals surface area (Å²) in [6.07, 6.45) is 4.06. The van der Waals surface area contributed by atoms with Crippen molar-refractivity contribution in [3.05, 3.63) is 0 Å². The average molecular weight is 225 g/mol. The van der Waals surface area contributed by atoms with Gasteiger partial charge in [-0.15, -0.1) is 17.0 Å². The highest BCUT2D eigenvalue weighted by atomic mass is 79.9. The zero-order valence-electron chi connectivity index (χ0n) is 5.80. The standard InChI is InChI=1S/C6H12N2S.BrH/c7-6(8)9-4-3-5-1-2-5;/h5H,1-4H2,(H3,7,8);1H. The van der Waals surface area contributed by atoms with Crippen molar-refractivity contribution in [1.82, 2.24) is 0 Å². The minimum atomic E-state index is 0. The molecular formula is C6H13BrN2S. The molecule has 0 heterocycles. The summed E-state index contributed by atoms with van der Waals surface area (Å²) in [6.45, 7) is 0. The van der Waals surface area contributed by atoms with Crippen molar-refractivity contribution >= 4 is 33.9 Å². The lowest BCUT2D eigenvalue weighted by atomic mass is 10.3. The number of hydrogen-bond acceptors (Lipinski definition) is 2. The van der Waals surface area contributed by atoms with Gasteiger partial charge in [0.05, 0.1) is 0 Å². The maximum atomic E-state index is 6.90. The Balaban J connectivity index is 0.000000810. The molecular weight excluding hydrogens is 212 g/mol. The van der Waals surface area contributed by atoms with Crippen LogP contribution in [0.4, 0.5) is 0 Å². The second kappa shape index (κ2) is 5.02. The fraction of sp³-hybridized carbons (Fsp3) is 0.833. The monoisotopic (exact) mass is 224 g/mol. The number of amidine groups is 1. The lowest BCUT2D eigenvalue weighted by Gasteiger charge is -1.94. The fourth-order valence-corrected chi connectivity index (χ4v) is 1.41. The molecule has 2 nitrogen and oxygen atoms in total. The summed E-state index contributed by atoms with van der Waals surface area (Å²) in [5.41, 5.74) is 5.15. The lowest BCUT2D eigenvalue weighted by Crippen LogP contribution is -2.04. The Labute approximate surface area is 76.2 Å². The maximum absolute atomic E-state index is 6.90. The molecule has 0 aromatic carbocycles. The first kappa shape index (κ1) is 10.3. The summed E-state index contributed by atoms with van der Waals surface area (Å²) < 4.78 is 0. The quantitative estimate of drug-likeness (QED) is 0.570. The highest BCUT2D eigenvalue weighted by Crippen LogP contribution is 2.33. The topological polar surface area (TPSA) is 49.9 Å². The number of halogens is 1. The number of nitrogens with one attached hydrogen (secondary N) is 1. The van der Waals surface area contributed by atoms with E-state index in [4.69, 9.17) is 11.1 Å². The number of hydrogen-bond donors (Lipinski definition) is 2. The van der Waals surface area contributed by atoms with Crippen molar-refractivity contribution in [2.24, 2.45) is 11.7 Å². The van der Waals surface area contributed by atoms with Crippen LogP contribution < -0.4 is 5.73 Å². The number of nitrogens with two attached hydrogens (primary N) is 1. The molecule has 3 N–H and O–H groups in total. The van der Waals surface area contributed by atoms with E-state index in [2.05, 4.69) is 0 Å².